The summed E-state index contributed by atoms with van der Waals surface area (Å²) in [6, 6.07) is 9.14. The number of carbonyl (C=O) groups excluding carboxylic acids is 1. The lowest BCUT2D eigenvalue weighted by Gasteiger charge is -2.14. The third-order valence-corrected chi connectivity index (χ3v) is 6.25. The number of hydrogen-bond donors (Lipinski definition) is 2. The van der Waals surface area contributed by atoms with Crippen LogP contribution in [0.15, 0.2) is 64.4 Å². The Hall–Kier alpha value is -3.79. The summed E-state index contributed by atoms with van der Waals surface area (Å²) in [6.07, 6.45) is 5.10. The summed E-state index contributed by atoms with van der Waals surface area (Å²) in [6.45, 7) is 7.25. The van der Waals surface area contributed by atoms with Gasteiger partial charge in [0.25, 0.3) is 0 Å². The zero-order chi connectivity index (χ0) is 26.7. The zero-order valence-electron chi connectivity index (χ0n) is 20.8. The number of rotatable bonds is 7. The summed E-state index contributed by atoms with van der Waals surface area (Å²) >= 11 is 0. The minimum absolute atomic E-state index is 0.121. The molecular formula is C26H29FN4O4S. The molecule has 0 aliphatic carbocycles. The second-order valence-corrected chi connectivity index (χ2v) is 11.3. The van der Waals surface area contributed by atoms with Gasteiger partial charge in [-0.05, 0) is 63.6 Å². The lowest BCUT2D eigenvalue weighted by molar-refractivity contribution is -0.119. The van der Waals surface area contributed by atoms with Crippen molar-refractivity contribution in [3.8, 4) is 11.5 Å². The molecule has 0 saturated heterocycles. The molecule has 0 atom stereocenters. The first kappa shape index (κ1) is 26.8. The second-order valence-electron chi connectivity index (χ2n) is 9.30. The number of pyridine rings is 1. The van der Waals surface area contributed by atoms with E-state index in [-0.39, 0.29) is 33.7 Å². The van der Waals surface area contributed by atoms with Crippen molar-refractivity contribution in [2.24, 2.45) is 10.7 Å². The molecule has 0 aliphatic heterocycles. The highest BCUT2D eigenvalue weighted by molar-refractivity contribution is 7.90. The maximum absolute atomic E-state index is 15.2. The van der Waals surface area contributed by atoms with Crippen molar-refractivity contribution < 1.29 is 22.3 Å². The average molecular weight is 513 g/mol. The van der Waals surface area contributed by atoms with E-state index in [0.717, 1.165) is 6.26 Å². The van der Waals surface area contributed by atoms with Crippen molar-refractivity contribution in [1.82, 2.24) is 10.3 Å². The summed E-state index contributed by atoms with van der Waals surface area (Å²) in [7, 11) is -3.44. The van der Waals surface area contributed by atoms with E-state index in [1.54, 1.807) is 25.1 Å². The molecule has 3 N–H and O–H groups in total. The number of sulfone groups is 1. The van der Waals surface area contributed by atoms with Crippen LogP contribution in [0.25, 0.3) is 10.9 Å². The Kier molecular flexibility index (Phi) is 7.78. The predicted molar refractivity (Wildman–Crippen MR) is 138 cm³/mol. The zero-order valence-corrected chi connectivity index (χ0v) is 21.6. The van der Waals surface area contributed by atoms with E-state index in [9.17, 15) is 13.2 Å². The van der Waals surface area contributed by atoms with Crippen LogP contribution in [-0.2, 0) is 21.1 Å². The van der Waals surface area contributed by atoms with Crippen molar-refractivity contribution in [3.05, 3.63) is 71.4 Å². The number of ether oxygens (including phenoxy) is 1. The lowest BCUT2D eigenvalue weighted by Crippen LogP contribution is -2.27. The smallest absolute Gasteiger partial charge is 0.228 e. The van der Waals surface area contributed by atoms with Crippen molar-refractivity contribution in [2.75, 3.05) is 6.26 Å². The average Bonchev–Trinajstić information content (AvgIpc) is 2.80. The van der Waals surface area contributed by atoms with Gasteiger partial charge in [0, 0.05) is 35.8 Å². The molecule has 190 valence electrons. The van der Waals surface area contributed by atoms with Gasteiger partial charge in [0.15, 0.2) is 9.84 Å². The van der Waals surface area contributed by atoms with Crippen LogP contribution in [0.1, 0.15) is 31.9 Å². The summed E-state index contributed by atoms with van der Waals surface area (Å²) in [4.78, 5) is 21.1. The molecule has 0 aliphatic rings. The minimum Gasteiger partial charge on any atom is -0.456 e. The number of benzene rings is 2. The number of hydrogen-bond acceptors (Lipinski definition) is 7. The van der Waals surface area contributed by atoms with Crippen molar-refractivity contribution >= 4 is 32.9 Å². The fourth-order valence-electron chi connectivity index (χ4n) is 3.27. The highest BCUT2D eigenvalue weighted by atomic mass is 32.2. The third kappa shape index (κ3) is 6.66. The van der Waals surface area contributed by atoms with Crippen LogP contribution in [0.4, 0.5) is 4.39 Å². The van der Waals surface area contributed by atoms with E-state index in [2.05, 4.69) is 15.3 Å². The van der Waals surface area contributed by atoms with E-state index in [1.165, 1.54) is 36.8 Å². The first-order valence-electron chi connectivity index (χ1n) is 11.1. The normalized spacial score (nSPS) is 12.8. The Morgan fingerprint density at radius 1 is 1.19 bits per heavy atom. The molecule has 3 rings (SSSR count). The van der Waals surface area contributed by atoms with Crippen LogP contribution in [-0.4, -0.2) is 37.3 Å². The highest BCUT2D eigenvalue weighted by Gasteiger charge is 2.17. The van der Waals surface area contributed by atoms with Gasteiger partial charge in [0.05, 0.1) is 28.1 Å². The topological polar surface area (TPSA) is 124 Å². The third-order valence-electron chi connectivity index (χ3n) is 5.14. The van der Waals surface area contributed by atoms with Gasteiger partial charge in [-0.2, -0.15) is 0 Å². The number of aliphatic imine (C=N–C) groups is 1. The first-order chi connectivity index (χ1) is 16.8. The molecule has 8 nitrogen and oxygen atoms in total. The van der Waals surface area contributed by atoms with E-state index in [0.29, 0.717) is 22.3 Å². The lowest BCUT2D eigenvalue weighted by atomic mass is 10.1. The van der Waals surface area contributed by atoms with Crippen LogP contribution in [0.3, 0.4) is 0 Å². The molecule has 0 spiro atoms. The van der Waals surface area contributed by atoms with Crippen LogP contribution in [0, 0.1) is 12.7 Å². The largest absolute Gasteiger partial charge is 0.456 e. The molecular weight excluding hydrogens is 483 g/mol. The first-order valence-corrected chi connectivity index (χ1v) is 13.0. The molecule has 0 radical (unpaired) electrons. The van der Waals surface area contributed by atoms with E-state index in [1.807, 2.05) is 20.8 Å². The van der Waals surface area contributed by atoms with Gasteiger partial charge in [0.1, 0.15) is 17.3 Å². The molecule has 1 heterocycles. The SMILES string of the molecule is Cc1c(Oc2ccnc3ccc(S(C)(=O)=O)cc23)ccc(CC(=O)N/C(C=NC(C)(C)C)=C/N)c1F. The molecule has 0 fully saturated rings. The predicted octanol–water partition coefficient (Wildman–Crippen LogP) is 4.21. The van der Waals surface area contributed by atoms with Crippen molar-refractivity contribution in [2.45, 2.75) is 44.6 Å². The number of nitrogens with zero attached hydrogens (tertiary/aromatic N) is 2. The second kappa shape index (κ2) is 10.4. The number of allylic oxidation sites excluding steroid dienone is 1. The van der Waals surface area contributed by atoms with Gasteiger partial charge < -0.3 is 15.8 Å². The summed E-state index contributed by atoms with van der Waals surface area (Å²) in [5.41, 5.74) is 6.45. The molecule has 2 aromatic carbocycles. The molecule has 1 aromatic heterocycles. The molecule has 0 unspecified atom stereocenters. The molecule has 0 saturated carbocycles. The van der Waals surface area contributed by atoms with Gasteiger partial charge in [-0.25, -0.2) is 12.8 Å². The number of amides is 1. The van der Waals surface area contributed by atoms with E-state index < -0.39 is 21.6 Å². The van der Waals surface area contributed by atoms with Gasteiger partial charge >= 0.3 is 0 Å². The number of nitrogens with two attached hydrogens (primary N) is 1. The quantitative estimate of drug-likeness (QED) is 0.457. The molecule has 10 heteroatoms. The highest BCUT2D eigenvalue weighted by Crippen LogP contribution is 2.33. The molecule has 0 bridgehead atoms. The molecule has 1 amide bonds. The monoisotopic (exact) mass is 512 g/mol. The van der Waals surface area contributed by atoms with E-state index >= 15 is 4.39 Å². The van der Waals surface area contributed by atoms with Gasteiger partial charge in [0.2, 0.25) is 5.91 Å². The van der Waals surface area contributed by atoms with Crippen LogP contribution in [0.2, 0.25) is 0 Å². The van der Waals surface area contributed by atoms with Crippen molar-refractivity contribution in [1.29, 1.82) is 0 Å². The molecule has 3 aromatic rings. The minimum atomic E-state index is -3.44. The Morgan fingerprint density at radius 2 is 1.92 bits per heavy atom. The van der Waals surface area contributed by atoms with Gasteiger partial charge in [-0.15, -0.1) is 0 Å². The number of nitrogens with one attached hydrogen (secondary N) is 1. The maximum Gasteiger partial charge on any atom is 0.228 e. The van der Waals surface area contributed by atoms with E-state index in [4.69, 9.17) is 10.5 Å². The summed E-state index contributed by atoms with van der Waals surface area (Å²) in [5.74, 6) is -0.477. The van der Waals surface area contributed by atoms with Crippen LogP contribution < -0.4 is 15.8 Å². The van der Waals surface area contributed by atoms with Crippen molar-refractivity contribution in [3.63, 3.8) is 0 Å². The van der Waals surface area contributed by atoms with Gasteiger partial charge in [-0.3, -0.25) is 14.8 Å². The Labute approximate surface area is 210 Å². The number of carbonyl (C=O) groups is 1. The number of fused-ring (bicyclic) bond motifs is 1. The Morgan fingerprint density at radius 3 is 2.56 bits per heavy atom. The standard InChI is InChI=1S/C26H29FN4O4S/c1-16-22(35-23-10-11-29-21-8-7-19(13-20(21)23)36(5,33)34)9-6-17(25(16)27)12-24(32)31-18(14-28)15-30-26(2,3)4/h6-11,13-15H,12,28H2,1-5H3,(H,31,32)/b18-14+,30-15?. The van der Waals surface area contributed by atoms with Crippen LogP contribution >= 0.6 is 0 Å². The number of aromatic nitrogens is 1. The maximum atomic E-state index is 15.2. The number of halogens is 1. The summed E-state index contributed by atoms with van der Waals surface area (Å²) < 4.78 is 45.1. The fourth-order valence-corrected chi connectivity index (χ4v) is 3.91. The Balaban J connectivity index is 1.83. The van der Waals surface area contributed by atoms with Gasteiger partial charge in [-0.1, -0.05) is 6.07 Å². The fraction of sp³-hybridized carbons (Fsp3) is 0.269. The van der Waals surface area contributed by atoms with Crippen LogP contribution in [0.5, 0.6) is 11.5 Å². The summed E-state index contributed by atoms with van der Waals surface area (Å²) in [5, 5.41) is 3.09. The molecule has 36 heavy (non-hydrogen) atoms. The Bertz CT molecular complexity index is 1480.